The Kier molecular flexibility index (Phi) is 7.64. The van der Waals surface area contributed by atoms with E-state index in [-0.39, 0.29) is 24.7 Å². The molecule has 1 saturated heterocycles. The molecule has 0 bridgehead atoms. The number of thiocarbonyl (C=S) groups is 1. The van der Waals surface area contributed by atoms with Gasteiger partial charge in [0.05, 0.1) is 23.8 Å². The average molecular weight is 494 g/mol. The third-order valence-corrected chi connectivity index (χ3v) is 6.62. The monoisotopic (exact) mass is 493 g/mol. The van der Waals surface area contributed by atoms with Crippen molar-refractivity contribution in [2.75, 3.05) is 39.1 Å². The Morgan fingerprint density at radius 3 is 2.65 bits per heavy atom. The first-order valence-corrected chi connectivity index (χ1v) is 11.9. The van der Waals surface area contributed by atoms with Crippen molar-refractivity contribution in [2.45, 2.75) is 37.3 Å². The number of nitrogens with one attached hydrogen (secondary N) is 2. The van der Waals surface area contributed by atoms with Gasteiger partial charge in [0, 0.05) is 30.3 Å². The van der Waals surface area contributed by atoms with Crippen LogP contribution < -0.4 is 10.6 Å². The molecule has 2 aliphatic rings. The number of hydrogen-bond acceptors (Lipinski definition) is 5. The van der Waals surface area contributed by atoms with E-state index >= 15 is 0 Å². The van der Waals surface area contributed by atoms with Gasteiger partial charge in [-0.2, -0.15) is 13.2 Å². The highest BCUT2D eigenvalue weighted by Gasteiger charge is 2.43. The zero-order valence-electron chi connectivity index (χ0n) is 19.3. The van der Waals surface area contributed by atoms with Crippen LogP contribution >= 0.6 is 12.2 Å². The van der Waals surface area contributed by atoms with E-state index in [1.54, 1.807) is 0 Å². The van der Waals surface area contributed by atoms with E-state index < -0.39 is 17.8 Å². The summed E-state index contributed by atoms with van der Waals surface area (Å²) in [4.78, 5) is 2.03. The van der Waals surface area contributed by atoms with Crippen molar-refractivity contribution in [1.82, 2.24) is 10.2 Å². The van der Waals surface area contributed by atoms with Crippen LogP contribution in [-0.4, -0.2) is 50.0 Å². The van der Waals surface area contributed by atoms with Crippen molar-refractivity contribution in [3.63, 3.8) is 0 Å². The Labute approximate surface area is 203 Å². The number of fused-ring (bicyclic) bond motifs is 3. The minimum absolute atomic E-state index is 0.000184. The molecule has 0 aliphatic carbocycles. The number of nitrogens with zero attached hydrogens (tertiary/aromatic N) is 1. The summed E-state index contributed by atoms with van der Waals surface area (Å²) in [7, 11) is 3.95. The summed E-state index contributed by atoms with van der Waals surface area (Å²) in [6, 6.07) is 13.8. The van der Waals surface area contributed by atoms with Gasteiger partial charge in [-0.25, -0.2) is 0 Å². The van der Waals surface area contributed by atoms with Crippen molar-refractivity contribution in [1.29, 1.82) is 0 Å². The average Bonchev–Trinajstić information content (AvgIpc) is 2.81. The summed E-state index contributed by atoms with van der Waals surface area (Å²) in [5.41, 5.74) is 1.64. The number of benzene rings is 2. The number of alkyl halides is 3. The van der Waals surface area contributed by atoms with Gasteiger partial charge in [0.1, 0.15) is 6.61 Å². The van der Waals surface area contributed by atoms with E-state index in [0.717, 1.165) is 31.0 Å². The van der Waals surface area contributed by atoms with Crippen LogP contribution in [0.3, 0.4) is 0 Å². The van der Waals surface area contributed by atoms with Crippen LogP contribution in [0.15, 0.2) is 48.5 Å². The fourth-order valence-electron chi connectivity index (χ4n) is 4.65. The molecule has 0 spiro atoms. The van der Waals surface area contributed by atoms with Crippen molar-refractivity contribution in [3.05, 3.63) is 65.2 Å². The lowest BCUT2D eigenvalue weighted by Gasteiger charge is -2.45. The van der Waals surface area contributed by atoms with E-state index in [1.165, 1.54) is 12.1 Å². The predicted octanol–water partition coefficient (Wildman–Crippen LogP) is 5.16. The summed E-state index contributed by atoms with van der Waals surface area (Å²) >= 11 is 5.25. The van der Waals surface area contributed by atoms with Gasteiger partial charge in [0.2, 0.25) is 0 Å². The fourth-order valence-corrected chi connectivity index (χ4v) is 4.82. The molecular formula is C25H30F3N3O2S. The number of ether oxygens (including phenoxy) is 2. The topological polar surface area (TPSA) is 45.8 Å². The molecule has 2 aliphatic heterocycles. The number of rotatable bonds is 6. The van der Waals surface area contributed by atoms with Gasteiger partial charge in [-0.05, 0) is 62.9 Å². The highest BCUT2D eigenvalue weighted by molar-refractivity contribution is 7.80. The van der Waals surface area contributed by atoms with Crippen LogP contribution in [0.2, 0.25) is 0 Å². The first-order valence-electron chi connectivity index (χ1n) is 11.5. The SMILES string of the molecule is CN(C)CCNC(=S)OC[C@H]1CC[C@@H]2[C@H](O1)c1cc(C(F)(F)F)ccc1N[C@H]2c1ccccc1. The molecule has 5 nitrogen and oxygen atoms in total. The van der Waals surface area contributed by atoms with Crippen molar-refractivity contribution in [3.8, 4) is 0 Å². The molecule has 4 atom stereocenters. The Balaban J connectivity index is 1.52. The summed E-state index contributed by atoms with van der Waals surface area (Å²) in [6.45, 7) is 1.74. The lowest BCUT2D eigenvalue weighted by Crippen LogP contribution is -2.41. The number of halogens is 3. The standard InChI is InChI=1S/C25H30F3N3O2S/c1-31(2)13-12-29-24(34)32-15-18-9-10-19-22(16-6-4-3-5-7-16)30-21-11-8-17(25(26,27)28)14-20(21)23(19)33-18/h3-8,11,14,18-19,22-23,30H,9-10,12-13,15H2,1-2H3,(H,29,34)/t18-,19+,22+,23+/m1/s1. The first kappa shape index (κ1) is 24.8. The van der Waals surface area contributed by atoms with Crippen LogP contribution in [0.4, 0.5) is 18.9 Å². The lowest BCUT2D eigenvalue weighted by atomic mass is 9.76. The van der Waals surface area contributed by atoms with Gasteiger partial charge in [-0.3, -0.25) is 0 Å². The van der Waals surface area contributed by atoms with Gasteiger partial charge in [0.15, 0.2) is 0 Å². The fraction of sp³-hybridized carbons (Fsp3) is 0.480. The Hall–Kier alpha value is -2.36. The third-order valence-electron chi connectivity index (χ3n) is 6.36. The van der Waals surface area contributed by atoms with Crippen molar-refractivity contribution >= 4 is 23.1 Å². The molecule has 2 aromatic rings. The van der Waals surface area contributed by atoms with Gasteiger partial charge >= 0.3 is 6.18 Å². The highest BCUT2D eigenvalue weighted by Crippen LogP contribution is 2.51. The summed E-state index contributed by atoms with van der Waals surface area (Å²) in [5.74, 6) is -0.000184. The molecule has 1 fully saturated rings. The maximum absolute atomic E-state index is 13.5. The van der Waals surface area contributed by atoms with E-state index in [9.17, 15) is 13.2 Å². The third kappa shape index (κ3) is 5.82. The van der Waals surface area contributed by atoms with Crippen LogP contribution in [0.25, 0.3) is 0 Å². The molecule has 2 N–H and O–H groups in total. The summed E-state index contributed by atoms with van der Waals surface area (Å²) in [6.07, 6.45) is -3.61. The zero-order valence-corrected chi connectivity index (χ0v) is 20.1. The largest absolute Gasteiger partial charge is 0.468 e. The Bertz CT molecular complexity index is 987. The molecule has 2 aromatic carbocycles. The number of likely N-dealkylation sites (N-methyl/N-ethyl adjacent to an activating group) is 1. The molecule has 0 aromatic heterocycles. The molecule has 4 rings (SSSR count). The van der Waals surface area contributed by atoms with Gasteiger partial charge in [0.25, 0.3) is 5.17 Å². The Morgan fingerprint density at radius 2 is 1.94 bits per heavy atom. The van der Waals surface area contributed by atoms with Gasteiger partial charge in [-0.15, -0.1) is 0 Å². The number of anilines is 1. The quantitative estimate of drug-likeness (QED) is 0.542. The minimum atomic E-state index is -4.41. The second-order valence-electron chi connectivity index (χ2n) is 9.08. The molecule has 2 heterocycles. The first-order chi connectivity index (χ1) is 16.2. The van der Waals surface area contributed by atoms with E-state index in [4.69, 9.17) is 21.7 Å². The van der Waals surface area contributed by atoms with Crippen LogP contribution in [0.1, 0.15) is 41.7 Å². The van der Waals surface area contributed by atoms with E-state index in [1.807, 2.05) is 49.3 Å². The second-order valence-corrected chi connectivity index (χ2v) is 9.45. The van der Waals surface area contributed by atoms with Gasteiger partial charge in [-0.1, -0.05) is 30.3 Å². The number of hydrogen-bond donors (Lipinski definition) is 2. The maximum atomic E-state index is 13.5. The summed E-state index contributed by atoms with van der Waals surface area (Å²) < 4.78 is 52.5. The van der Waals surface area contributed by atoms with Crippen molar-refractivity contribution < 1.29 is 22.6 Å². The molecule has 0 unspecified atom stereocenters. The Morgan fingerprint density at radius 1 is 1.18 bits per heavy atom. The molecule has 0 amide bonds. The lowest BCUT2D eigenvalue weighted by molar-refractivity contribution is -0.138. The molecule has 0 radical (unpaired) electrons. The van der Waals surface area contributed by atoms with E-state index in [2.05, 4.69) is 10.6 Å². The summed E-state index contributed by atoms with van der Waals surface area (Å²) in [5, 5.41) is 6.84. The zero-order chi connectivity index (χ0) is 24.3. The maximum Gasteiger partial charge on any atom is 0.416 e. The van der Waals surface area contributed by atoms with Crippen LogP contribution in [0, 0.1) is 5.92 Å². The van der Waals surface area contributed by atoms with Crippen LogP contribution in [0.5, 0.6) is 0 Å². The molecule has 9 heteroatoms. The predicted molar refractivity (Wildman–Crippen MR) is 130 cm³/mol. The van der Waals surface area contributed by atoms with E-state index in [0.29, 0.717) is 23.0 Å². The van der Waals surface area contributed by atoms with Crippen LogP contribution in [-0.2, 0) is 15.7 Å². The smallest absolute Gasteiger partial charge is 0.416 e. The molecule has 0 saturated carbocycles. The normalized spacial score (nSPS) is 24.1. The highest BCUT2D eigenvalue weighted by atomic mass is 32.1. The minimum Gasteiger partial charge on any atom is -0.468 e. The molecular weight excluding hydrogens is 463 g/mol. The van der Waals surface area contributed by atoms with Crippen molar-refractivity contribution in [2.24, 2.45) is 5.92 Å². The molecule has 34 heavy (non-hydrogen) atoms. The molecule has 184 valence electrons. The second kappa shape index (κ2) is 10.5. The van der Waals surface area contributed by atoms with Gasteiger partial charge < -0.3 is 25.0 Å².